The second-order valence-corrected chi connectivity index (χ2v) is 6.91. The molecule has 3 unspecified atom stereocenters. The van der Waals surface area contributed by atoms with Gasteiger partial charge in [-0.15, -0.1) is 0 Å². The summed E-state index contributed by atoms with van der Waals surface area (Å²) < 4.78 is 5.76. The maximum atomic E-state index is 12.5. The first-order valence-electron chi connectivity index (χ1n) is 8.30. The zero-order valence-electron chi connectivity index (χ0n) is 13.6. The lowest BCUT2D eigenvalue weighted by Gasteiger charge is -2.54. The van der Waals surface area contributed by atoms with Crippen molar-refractivity contribution < 1.29 is 14.6 Å². The van der Waals surface area contributed by atoms with E-state index in [0.29, 0.717) is 12.5 Å². The van der Waals surface area contributed by atoms with E-state index in [1.54, 1.807) is 4.90 Å². The summed E-state index contributed by atoms with van der Waals surface area (Å²) in [5.74, 6) is 0.454. The van der Waals surface area contributed by atoms with Crippen molar-refractivity contribution in [3.8, 4) is 0 Å². The molecule has 122 valence electrons. The number of unbranched alkanes of at least 4 members (excludes halogenated alkanes) is 2. The summed E-state index contributed by atoms with van der Waals surface area (Å²) in [7, 11) is 0. The van der Waals surface area contributed by atoms with Gasteiger partial charge < -0.3 is 20.1 Å². The van der Waals surface area contributed by atoms with Gasteiger partial charge in [-0.25, -0.2) is 4.79 Å². The largest absolute Gasteiger partial charge is 0.395 e. The number of carbonyl (C=O) groups excluding carboxylic acids is 1. The van der Waals surface area contributed by atoms with Crippen molar-refractivity contribution in [1.82, 2.24) is 10.2 Å². The minimum Gasteiger partial charge on any atom is -0.395 e. The number of aliphatic hydroxyl groups excluding tert-OH is 1. The number of nitrogens with one attached hydrogen (secondary N) is 1. The molecular formula is C16H30N2O3. The summed E-state index contributed by atoms with van der Waals surface area (Å²) in [5, 5.41) is 12.3. The van der Waals surface area contributed by atoms with E-state index in [9.17, 15) is 4.79 Å². The van der Waals surface area contributed by atoms with Gasteiger partial charge in [-0.05, 0) is 12.8 Å². The lowest BCUT2D eigenvalue weighted by Crippen LogP contribution is -2.68. The first kappa shape index (κ1) is 16.6. The van der Waals surface area contributed by atoms with Crippen LogP contribution < -0.4 is 5.32 Å². The van der Waals surface area contributed by atoms with E-state index in [4.69, 9.17) is 9.84 Å². The number of hydrogen-bond acceptors (Lipinski definition) is 3. The first-order chi connectivity index (χ1) is 10.0. The van der Waals surface area contributed by atoms with Crippen LogP contribution in [0.3, 0.4) is 0 Å². The van der Waals surface area contributed by atoms with Crippen molar-refractivity contribution in [2.24, 2.45) is 11.3 Å². The number of rotatable bonds is 7. The van der Waals surface area contributed by atoms with E-state index in [2.05, 4.69) is 26.1 Å². The van der Waals surface area contributed by atoms with Gasteiger partial charge in [-0.3, -0.25) is 0 Å². The molecule has 1 aliphatic carbocycles. The van der Waals surface area contributed by atoms with Crippen molar-refractivity contribution >= 4 is 6.03 Å². The molecule has 1 saturated carbocycles. The second-order valence-electron chi connectivity index (χ2n) is 6.91. The maximum absolute atomic E-state index is 12.5. The Hall–Kier alpha value is -0.810. The fraction of sp³-hybridized carbons (Fsp3) is 0.938. The predicted molar refractivity (Wildman–Crippen MR) is 82.1 cm³/mol. The highest BCUT2D eigenvalue weighted by Gasteiger charge is 2.59. The van der Waals surface area contributed by atoms with E-state index in [1.807, 2.05) is 0 Å². The van der Waals surface area contributed by atoms with E-state index in [0.717, 1.165) is 38.8 Å². The number of urea groups is 1. The number of ether oxygens (including phenoxy) is 1. The molecule has 2 amide bonds. The molecule has 0 aromatic rings. The molecule has 2 rings (SSSR count). The lowest BCUT2D eigenvalue weighted by molar-refractivity contribution is -0.109. The van der Waals surface area contributed by atoms with Gasteiger partial charge in [0.1, 0.15) is 0 Å². The second kappa shape index (κ2) is 6.97. The molecular weight excluding hydrogens is 268 g/mol. The van der Waals surface area contributed by atoms with Crippen LogP contribution in [0.15, 0.2) is 0 Å². The van der Waals surface area contributed by atoms with Gasteiger partial charge in [0, 0.05) is 37.1 Å². The monoisotopic (exact) mass is 298 g/mol. The van der Waals surface area contributed by atoms with Crippen LogP contribution in [0.4, 0.5) is 4.79 Å². The zero-order chi connectivity index (χ0) is 15.5. The van der Waals surface area contributed by atoms with Gasteiger partial charge >= 0.3 is 6.03 Å². The highest BCUT2D eigenvalue weighted by Crippen LogP contribution is 2.52. The Kier molecular flexibility index (Phi) is 5.49. The Morgan fingerprint density at radius 1 is 1.38 bits per heavy atom. The fourth-order valence-electron chi connectivity index (χ4n) is 3.83. The van der Waals surface area contributed by atoms with Crippen LogP contribution in [0, 0.1) is 11.3 Å². The average Bonchev–Trinajstić information content (AvgIpc) is 2.90. The molecule has 21 heavy (non-hydrogen) atoms. The van der Waals surface area contributed by atoms with Gasteiger partial charge in [0.2, 0.25) is 0 Å². The predicted octanol–water partition coefficient (Wildman–Crippen LogP) is 1.99. The van der Waals surface area contributed by atoms with Crippen LogP contribution in [0.2, 0.25) is 0 Å². The molecule has 2 N–H and O–H groups in total. The minimum absolute atomic E-state index is 0.00509. The van der Waals surface area contributed by atoms with Gasteiger partial charge in [-0.1, -0.05) is 33.6 Å². The molecule has 5 nitrogen and oxygen atoms in total. The van der Waals surface area contributed by atoms with E-state index in [1.165, 1.54) is 0 Å². The zero-order valence-corrected chi connectivity index (χ0v) is 13.6. The van der Waals surface area contributed by atoms with Crippen LogP contribution in [0.1, 0.15) is 46.5 Å². The lowest BCUT2D eigenvalue weighted by atomic mass is 9.57. The molecule has 0 radical (unpaired) electrons. The summed E-state index contributed by atoms with van der Waals surface area (Å²) >= 11 is 0. The molecule has 0 aromatic carbocycles. The summed E-state index contributed by atoms with van der Waals surface area (Å²) in [4.78, 5) is 14.2. The summed E-state index contributed by atoms with van der Waals surface area (Å²) in [6.45, 7) is 8.43. The van der Waals surface area contributed by atoms with Crippen LogP contribution in [0.25, 0.3) is 0 Å². The van der Waals surface area contributed by atoms with Crippen LogP contribution in [-0.2, 0) is 4.74 Å². The number of nitrogens with zero attached hydrogens (tertiary/aromatic N) is 1. The van der Waals surface area contributed by atoms with Gasteiger partial charge in [0.05, 0.1) is 12.7 Å². The van der Waals surface area contributed by atoms with Crippen molar-refractivity contribution in [3.63, 3.8) is 0 Å². The van der Waals surface area contributed by atoms with Crippen molar-refractivity contribution in [3.05, 3.63) is 0 Å². The Labute approximate surface area is 128 Å². The quantitative estimate of drug-likeness (QED) is 0.707. The SMILES string of the molecule is CCCCCN(CCO)C(=O)NC1C2CCOC2C1(C)C. The van der Waals surface area contributed by atoms with Crippen molar-refractivity contribution in [1.29, 1.82) is 0 Å². The molecule has 0 bridgehead atoms. The Balaban J connectivity index is 1.89. The van der Waals surface area contributed by atoms with E-state index >= 15 is 0 Å². The summed E-state index contributed by atoms with van der Waals surface area (Å²) in [6, 6.07) is 0.147. The molecule has 1 heterocycles. The normalized spacial score (nSPS) is 29.6. The number of carbonyl (C=O) groups is 1. The molecule has 0 aromatic heterocycles. The van der Waals surface area contributed by atoms with Gasteiger partial charge in [0.25, 0.3) is 0 Å². The molecule has 1 aliphatic heterocycles. The highest BCUT2D eigenvalue weighted by molar-refractivity contribution is 5.75. The topological polar surface area (TPSA) is 61.8 Å². The smallest absolute Gasteiger partial charge is 0.317 e. The average molecular weight is 298 g/mol. The third-order valence-electron chi connectivity index (χ3n) is 5.07. The summed E-state index contributed by atoms with van der Waals surface area (Å²) in [6.07, 6.45) is 4.56. The highest BCUT2D eigenvalue weighted by atomic mass is 16.5. The van der Waals surface area contributed by atoms with Crippen LogP contribution >= 0.6 is 0 Å². The molecule has 5 heteroatoms. The standard InChI is InChI=1S/C16H30N2O3/c1-4-5-6-8-18(9-10-19)15(20)17-13-12-7-11-21-14(12)16(13,2)3/h12-14,19H,4-11H2,1-3H3,(H,17,20). The Morgan fingerprint density at radius 3 is 2.81 bits per heavy atom. The van der Waals surface area contributed by atoms with Crippen molar-refractivity contribution in [2.45, 2.75) is 58.6 Å². The molecule has 1 saturated heterocycles. The number of aliphatic hydroxyl groups is 1. The number of hydrogen-bond donors (Lipinski definition) is 2. The number of amides is 2. The fourth-order valence-corrected chi connectivity index (χ4v) is 3.83. The van der Waals surface area contributed by atoms with Crippen molar-refractivity contribution in [2.75, 3.05) is 26.3 Å². The van der Waals surface area contributed by atoms with Gasteiger partial charge in [-0.2, -0.15) is 0 Å². The molecule has 3 atom stereocenters. The molecule has 2 fully saturated rings. The van der Waals surface area contributed by atoms with E-state index in [-0.39, 0.29) is 30.2 Å². The molecule has 2 aliphatic rings. The molecule has 0 spiro atoms. The maximum Gasteiger partial charge on any atom is 0.317 e. The Bertz CT molecular complexity index is 359. The van der Waals surface area contributed by atoms with Crippen LogP contribution in [0.5, 0.6) is 0 Å². The minimum atomic E-state index is -0.0384. The van der Waals surface area contributed by atoms with Gasteiger partial charge in [0.15, 0.2) is 0 Å². The summed E-state index contributed by atoms with van der Waals surface area (Å²) in [5.41, 5.74) is 0.00509. The third-order valence-corrected chi connectivity index (χ3v) is 5.07. The Morgan fingerprint density at radius 2 is 2.14 bits per heavy atom. The third kappa shape index (κ3) is 3.34. The van der Waals surface area contributed by atoms with Crippen LogP contribution in [-0.4, -0.2) is 54.5 Å². The first-order valence-corrected chi connectivity index (χ1v) is 8.30. The van der Waals surface area contributed by atoms with E-state index < -0.39 is 0 Å². The number of fused-ring (bicyclic) bond motifs is 1.